The molecule has 0 saturated carbocycles. The summed E-state index contributed by atoms with van der Waals surface area (Å²) in [5.41, 5.74) is 4.19. The summed E-state index contributed by atoms with van der Waals surface area (Å²) in [5.74, 6) is 2.70. The van der Waals surface area contributed by atoms with Gasteiger partial charge in [0.15, 0.2) is 0 Å². The summed E-state index contributed by atoms with van der Waals surface area (Å²) in [6.45, 7) is 6.42. The second-order valence-corrected chi connectivity index (χ2v) is 3.35. The minimum absolute atomic E-state index is 0.155. The number of rotatable bonds is 0. The summed E-state index contributed by atoms with van der Waals surface area (Å²) < 4.78 is 0. The van der Waals surface area contributed by atoms with Crippen molar-refractivity contribution in [1.29, 1.82) is 0 Å². The molecule has 1 aliphatic rings. The van der Waals surface area contributed by atoms with Gasteiger partial charge in [0.1, 0.15) is 0 Å². The van der Waals surface area contributed by atoms with E-state index in [0.717, 1.165) is 5.70 Å². The molecule has 0 spiro atoms. The van der Waals surface area contributed by atoms with Crippen molar-refractivity contribution in [2.75, 3.05) is 0 Å². The molecule has 1 rings (SSSR count). The Balaban J connectivity index is 2.79. The zero-order valence-electron chi connectivity index (χ0n) is 6.60. The van der Waals surface area contributed by atoms with E-state index < -0.39 is 0 Å². The normalized spacial score (nSPS) is 16.5. The minimum Gasteiger partial charge on any atom is -0.274 e. The molecule has 0 amide bonds. The van der Waals surface area contributed by atoms with Gasteiger partial charge < -0.3 is 0 Å². The summed E-state index contributed by atoms with van der Waals surface area (Å²) >= 11 is 0. The lowest BCUT2D eigenvalue weighted by molar-refractivity contribution is 0.464. The predicted octanol–water partition coefficient (Wildman–Crippen LogP) is 1.66. The van der Waals surface area contributed by atoms with Crippen LogP contribution in [0.25, 0.3) is 0 Å². The SMILES string of the molecule is CC(C)(C)C1=CC=C=NN1. The van der Waals surface area contributed by atoms with E-state index in [1.807, 2.05) is 12.2 Å². The fourth-order valence-electron chi connectivity index (χ4n) is 0.705. The van der Waals surface area contributed by atoms with Crippen LogP contribution in [0.3, 0.4) is 0 Å². The van der Waals surface area contributed by atoms with Gasteiger partial charge in [-0.3, -0.25) is 5.43 Å². The molecule has 2 nitrogen and oxygen atoms in total. The van der Waals surface area contributed by atoms with Crippen molar-refractivity contribution in [2.24, 2.45) is 10.5 Å². The van der Waals surface area contributed by atoms with Gasteiger partial charge in [0.25, 0.3) is 0 Å². The van der Waals surface area contributed by atoms with Gasteiger partial charge in [-0.05, 0) is 6.08 Å². The Bertz CT molecular complexity index is 212. The maximum atomic E-state index is 3.80. The Labute approximate surface area is 61.3 Å². The molecule has 54 valence electrons. The van der Waals surface area contributed by atoms with E-state index in [1.165, 1.54) is 0 Å². The second kappa shape index (κ2) is 2.31. The fraction of sp³-hybridized carbons (Fsp3) is 0.500. The van der Waals surface area contributed by atoms with Crippen LogP contribution in [0.5, 0.6) is 0 Å². The molecule has 0 aromatic heterocycles. The maximum absolute atomic E-state index is 3.80. The van der Waals surface area contributed by atoms with Gasteiger partial charge in [-0.2, -0.15) is 0 Å². The van der Waals surface area contributed by atoms with Gasteiger partial charge in [0.05, 0.1) is 0 Å². The summed E-state index contributed by atoms with van der Waals surface area (Å²) in [6.07, 6.45) is 3.81. The first-order chi connectivity index (χ1) is 4.61. The molecular formula is C8H12N2. The number of allylic oxidation sites excluding steroid dienone is 3. The van der Waals surface area contributed by atoms with Gasteiger partial charge in [0, 0.05) is 23.1 Å². The molecule has 0 atom stereocenters. The third-order valence-corrected chi connectivity index (χ3v) is 1.37. The van der Waals surface area contributed by atoms with Gasteiger partial charge in [0.2, 0.25) is 0 Å². The van der Waals surface area contributed by atoms with Crippen molar-refractivity contribution in [3.05, 3.63) is 17.8 Å². The van der Waals surface area contributed by atoms with Crippen LogP contribution in [0.4, 0.5) is 0 Å². The van der Waals surface area contributed by atoms with Crippen LogP contribution < -0.4 is 5.43 Å². The zero-order chi connectivity index (χ0) is 7.61. The third kappa shape index (κ3) is 1.49. The highest BCUT2D eigenvalue weighted by atomic mass is 15.3. The molecular weight excluding hydrogens is 124 g/mol. The molecule has 0 aliphatic carbocycles. The van der Waals surface area contributed by atoms with E-state index in [9.17, 15) is 0 Å². The first-order valence-corrected chi connectivity index (χ1v) is 3.36. The Kier molecular flexibility index (Phi) is 1.64. The van der Waals surface area contributed by atoms with Crippen LogP contribution >= 0.6 is 0 Å². The first kappa shape index (κ1) is 7.10. The lowest BCUT2D eigenvalue weighted by Gasteiger charge is -2.21. The molecule has 0 unspecified atom stereocenters. The molecule has 1 N–H and O–H groups in total. The van der Waals surface area contributed by atoms with Crippen molar-refractivity contribution in [3.8, 4) is 0 Å². The van der Waals surface area contributed by atoms with Crippen LogP contribution in [0, 0.1) is 5.41 Å². The molecule has 0 saturated heterocycles. The largest absolute Gasteiger partial charge is 0.274 e. The summed E-state index contributed by atoms with van der Waals surface area (Å²) in [4.78, 5) is 0. The van der Waals surface area contributed by atoms with Crippen LogP contribution in [-0.2, 0) is 0 Å². The molecule has 0 fully saturated rings. The predicted molar refractivity (Wildman–Crippen MR) is 42.7 cm³/mol. The van der Waals surface area contributed by atoms with Crippen molar-refractivity contribution in [1.82, 2.24) is 5.43 Å². The average Bonchev–Trinajstić information content (AvgIpc) is 1.88. The van der Waals surface area contributed by atoms with Crippen LogP contribution in [0.2, 0.25) is 0 Å². The molecule has 0 radical (unpaired) electrons. The highest BCUT2D eigenvalue weighted by Crippen LogP contribution is 2.22. The van der Waals surface area contributed by atoms with Gasteiger partial charge in [-0.1, -0.05) is 20.8 Å². The lowest BCUT2D eigenvalue weighted by atomic mass is 9.92. The molecule has 1 heterocycles. The van der Waals surface area contributed by atoms with E-state index >= 15 is 0 Å². The molecule has 2 heteroatoms. The lowest BCUT2D eigenvalue weighted by Crippen LogP contribution is -2.21. The number of nitrogens with zero attached hydrogens (tertiary/aromatic N) is 1. The first-order valence-electron chi connectivity index (χ1n) is 3.36. The summed E-state index contributed by atoms with van der Waals surface area (Å²) in [7, 11) is 0. The minimum atomic E-state index is 0.155. The van der Waals surface area contributed by atoms with E-state index in [2.05, 4.69) is 37.2 Å². The van der Waals surface area contributed by atoms with Crippen LogP contribution in [-0.4, -0.2) is 5.87 Å². The molecule has 0 aromatic rings. The molecule has 0 bridgehead atoms. The quantitative estimate of drug-likeness (QED) is 0.538. The van der Waals surface area contributed by atoms with Gasteiger partial charge >= 0.3 is 0 Å². The van der Waals surface area contributed by atoms with Crippen LogP contribution in [0.1, 0.15) is 20.8 Å². The fourth-order valence-corrected chi connectivity index (χ4v) is 0.705. The molecule has 0 aromatic carbocycles. The highest BCUT2D eigenvalue weighted by molar-refractivity contribution is 5.56. The molecule has 10 heavy (non-hydrogen) atoms. The van der Waals surface area contributed by atoms with Crippen molar-refractivity contribution >= 4 is 5.87 Å². The van der Waals surface area contributed by atoms with Crippen molar-refractivity contribution < 1.29 is 0 Å². The van der Waals surface area contributed by atoms with Gasteiger partial charge in [-0.25, -0.2) is 0 Å². The topological polar surface area (TPSA) is 24.4 Å². The monoisotopic (exact) mass is 136 g/mol. The zero-order valence-corrected chi connectivity index (χ0v) is 6.60. The number of hydrazone groups is 1. The van der Waals surface area contributed by atoms with E-state index in [-0.39, 0.29) is 5.41 Å². The van der Waals surface area contributed by atoms with Crippen molar-refractivity contribution in [2.45, 2.75) is 20.8 Å². The highest BCUT2D eigenvalue weighted by Gasteiger charge is 2.16. The second-order valence-electron chi connectivity index (χ2n) is 3.35. The number of hydrogen-bond donors (Lipinski definition) is 1. The maximum Gasteiger partial charge on any atom is 0.0403 e. The van der Waals surface area contributed by atoms with E-state index in [0.29, 0.717) is 0 Å². The summed E-state index contributed by atoms with van der Waals surface area (Å²) in [5, 5.41) is 3.80. The van der Waals surface area contributed by atoms with Gasteiger partial charge in [-0.15, -0.1) is 5.10 Å². The standard InChI is InChI=1S/C8H12N2/c1-8(2,3)7-5-4-6-9-10-7/h4-5,10H,1-3H3. The van der Waals surface area contributed by atoms with Crippen molar-refractivity contribution in [3.63, 3.8) is 0 Å². The van der Waals surface area contributed by atoms with E-state index in [1.54, 1.807) is 0 Å². The number of hydrogen-bond acceptors (Lipinski definition) is 2. The Hall–Kier alpha value is -1.01. The van der Waals surface area contributed by atoms with Crippen LogP contribution in [0.15, 0.2) is 23.0 Å². The summed E-state index contributed by atoms with van der Waals surface area (Å²) in [6, 6.07) is 0. The Morgan fingerprint density at radius 2 is 2.20 bits per heavy atom. The molecule has 1 aliphatic heterocycles. The smallest absolute Gasteiger partial charge is 0.0403 e. The van der Waals surface area contributed by atoms with E-state index in [4.69, 9.17) is 0 Å². The Morgan fingerprint density at radius 1 is 1.50 bits per heavy atom. The average molecular weight is 136 g/mol. The third-order valence-electron chi connectivity index (χ3n) is 1.37. The Morgan fingerprint density at radius 3 is 2.50 bits per heavy atom. The number of nitrogens with one attached hydrogen (secondary N) is 1.